The molecule has 0 atom stereocenters. The number of fused-ring (bicyclic) bond motifs is 7. The van der Waals surface area contributed by atoms with Crippen molar-refractivity contribution < 1.29 is 4.42 Å². The van der Waals surface area contributed by atoms with Gasteiger partial charge in [0.15, 0.2) is 0 Å². The third-order valence-corrected chi connectivity index (χ3v) is 12.1. The van der Waals surface area contributed by atoms with Gasteiger partial charge in [-0.2, -0.15) is 0 Å². The van der Waals surface area contributed by atoms with Crippen LogP contribution in [-0.4, -0.2) is 4.57 Å². The first kappa shape index (κ1) is 34.9. The standard InChI is InChI=1S/C58H38N2O/c1-4-15-39(16-5-1)42-27-29-47(30-28-42)59(48-31-32-51-50-23-12-13-26-56(50)61-57(51)38-48)53-24-14-25-54-58(53)52-36-43-21-10-11-22-44(43)37-55(52)60(54)49-34-45(40-17-6-2-7-18-40)33-46(35-49)41-19-8-3-9-20-41/h1-38H. The largest absolute Gasteiger partial charge is 0.456 e. The molecule has 0 unspecified atom stereocenters. The number of rotatable bonds is 7. The second-order valence-electron chi connectivity index (χ2n) is 15.8. The van der Waals surface area contributed by atoms with E-state index in [9.17, 15) is 0 Å². The number of hydrogen-bond donors (Lipinski definition) is 0. The van der Waals surface area contributed by atoms with Crippen molar-refractivity contribution in [2.45, 2.75) is 0 Å². The minimum absolute atomic E-state index is 0.858. The van der Waals surface area contributed by atoms with Gasteiger partial charge in [0, 0.05) is 44.7 Å². The monoisotopic (exact) mass is 778 g/mol. The van der Waals surface area contributed by atoms with Crippen LogP contribution in [0, 0.1) is 0 Å². The molecule has 0 aliphatic carbocycles. The Morgan fingerprint density at radius 3 is 1.57 bits per heavy atom. The van der Waals surface area contributed by atoms with Crippen LogP contribution in [0.4, 0.5) is 17.1 Å². The molecule has 2 heterocycles. The van der Waals surface area contributed by atoms with Crippen molar-refractivity contribution in [2.75, 3.05) is 4.90 Å². The lowest BCUT2D eigenvalue weighted by Crippen LogP contribution is -2.10. The fourth-order valence-electron chi connectivity index (χ4n) is 9.25. The minimum Gasteiger partial charge on any atom is -0.456 e. The molecule has 0 amide bonds. The molecule has 0 saturated carbocycles. The van der Waals surface area contributed by atoms with Crippen LogP contribution in [0.1, 0.15) is 0 Å². The molecule has 3 nitrogen and oxygen atoms in total. The predicted molar refractivity (Wildman–Crippen MR) is 257 cm³/mol. The predicted octanol–water partition coefficient (Wildman–Crippen LogP) is 16.3. The SMILES string of the molecule is c1ccc(-c2ccc(N(c3ccc4c(c3)oc3ccccc34)c3cccc4c3c3cc5ccccc5cc3n4-c3cc(-c4ccccc4)cc(-c4ccccc4)c3)cc2)cc1. The number of nitrogens with zero attached hydrogens (tertiary/aromatic N) is 2. The maximum Gasteiger partial charge on any atom is 0.137 e. The Balaban J connectivity index is 1.15. The van der Waals surface area contributed by atoms with Crippen LogP contribution in [0.25, 0.3) is 93.6 Å². The van der Waals surface area contributed by atoms with Gasteiger partial charge in [0.1, 0.15) is 11.2 Å². The Bertz CT molecular complexity index is 3510. The van der Waals surface area contributed by atoms with Crippen LogP contribution in [0.15, 0.2) is 235 Å². The van der Waals surface area contributed by atoms with E-state index < -0.39 is 0 Å². The highest BCUT2D eigenvalue weighted by atomic mass is 16.3. The second-order valence-corrected chi connectivity index (χ2v) is 15.8. The highest BCUT2D eigenvalue weighted by Gasteiger charge is 2.23. The summed E-state index contributed by atoms with van der Waals surface area (Å²) in [4.78, 5) is 2.40. The van der Waals surface area contributed by atoms with Gasteiger partial charge in [-0.05, 0) is 117 Å². The molecular weight excluding hydrogens is 741 g/mol. The highest BCUT2D eigenvalue weighted by Crippen LogP contribution is 2.46. The fraction of sp³-hybridized carbons (Fsp3) is 0. The van der Waals surface area contributed by atoms with E-state index in [0.717, 1.165) is 55.7 Å². The van der Waals surface area contributed by atoms with E-state index in [-0.39, 0.29) is 0 Å². The summed E-state index contributed by atoms with van der Waals surface area (Å²) in [7, 11) is 0. The van der Waals surface area contributed by atoms with Crippen LogP contribution in [0.5, 0.6) is 0 Å². The first-order valence-electron chi connectivity index (χ1n) is 20.8. The van der Waals surface area contributed by atoms with Crippen molar-refractivity contribution in [1.29, 1.82) is 0 Å². The quantitative estimate of drug-likeness (QED) is 0.161. The lowest BCUT2D eigenvalue weighted by atomic mass is 9.98. The lowest BCUT2D eigenvalue weighted by Gasteiger charge is -2.27. The number of furan rings is 1. The maximum absolute atomic E-state index is 6.52. The summed E-state index contributed by atoms with van der Waals surface area (Å²) in [5.74, 6) is 0. The summed E-state index contributed by atoms with van der Waals surface area (Å²) in [6.45, 7) is 0. The number of hydrogen-bond acceptors (Lipinski definition) is 2. The van der Waals surface area contributed by atoms with Crippen molar-refractivity contribution in [1.82, 2.24) is 4.57 Å². The highest BCUT2D eigenvalue weighted by molar-refractivity contribution is 6.19. The van der Waals surface area contributed by atoms with E-state index in [1.807, 2.05) is 12.1 Å². The van der Waals surface area contributed by atoms with E-state index in [0.29, 0.717) is 0 Å². The number of aromatic nitrogens is 1. The van der Waals surface area contributed by atoms with Crippen molar-refractivity contribution in [3.05, 3.63) is 231 Å². The van der Waals surface area contributed by atoms with Gasteiger partial charge in [-0.3, -0.25) is 0 Å². The Kier molecular flexibility index (Phi) is 8.17. The van der Waals surface area contributed by atoms with Crippen LogP contribution in [-0.2, 0) is 0 Å². The van der Waals surface area contributed by atoms with Gasteiger partial charge in [-0.25, -0.2) is 0 Å². The first-order chi connectivity index (χ1) is 30.2. The van der Waals surface area contributed by atoms with Crippen LogP contribution >= 0.6 is 0 Å². The Morgan fingerprint density at radius 1 is 0.328 bits per heavy atom. The lowest BCUT2D eigenvalue weighted by molar-refractivity contribution is 0.669. The van der Waals surface area contributed by atoms with Gasteiger partial charge >= 0.3 is 0 Å². The molecule has 0 radical (unpaired) electrons. The summed E-state index contributed by atoms with van der Waals surface area (Å²) in [6, 6.07) is 83.1. The van der Waals surface area contributed by atoms with Crippen LogP contribution < -0.4 is 4.90 Å². The van der Waals surface area contributed by atoms with Crippen molar-refractivity contribution >= 4 is 71.6 Å². The third kappa shape index (κ3) is 5.98. The Hall–Kier alpha value is -8.14. The molecule has 0 saturated heterocycles. The van der Waals surface area contributed by atoms with E-state index in [4.69, 9.17) is 4.42 Å². The Labute approximate surface area is 353 Å². The molecule has 0 spiro atoms. The molecule has 0 aliphatic heterocycles. The molecule has 12 aromatic rings. The fourth-order valence-corrected chi connectivity index (χ4v) is 9.25. The first-order valence-corrected chi connectivity index (χ1v) is 20.8. The van der Waals surface area contributed by atoms with E-state index in [1.54, 1.807) is 0 Å². The number of para-hydroxylation sites is 1. The summed E-state index contributed by atoms with van der Waals surface area (Å²) in [6.07, 6.45) is 0. The van der Waals surface area contributed by atoms with E-state index in [1.165, 1.54) is 54.9 Å². The van der Waals surface area contributed by atoms with Gasteiger partial charge in [0.05, 0.1) is 16.7 Å². The van der Waals surface area contributed by atoms with Gasteiger partial charge in [0.2, 0.25) is 0 Å². The molecule has 2 aromatic heterocycles. The zero-order valence-electron chi connectivity index (χ0n) is 33.2. The van der Waals surface area contributed by atoms with Crippen LogP contribution in [0.3, 0.4) is 0 Å². The van der Waals surface area contributed by atoms with Crippen molar-refractivity contribution in [2.24, 2.45) is 0 Å². The molecule has 10 aromatic carbocycles. The molecular formula is C58H38N2O. The van der Waals surface area contributed by atoms with Gasteiger partial charge in [-0.1, -0.05) is 152 Å². The van der Waals surface area contributed by atoms with Gasteiger partial charge in [-0.15, -0.1) is 0 Å². The van der Waals surface area contributed by atoms with Crippen molar-refractivity contribution in [3.8, 4) is 39.1 Å². The molecule has 286 valence electrons. The summed E-state index contributed by atoms with van der Waals surface area (Å²) >= 11 is 0. The number of anilines is 3. The Morgan fingerprint density at radius 2 is 0.885 bits per heavy atom. The smallest absolute Gasteiger partial charge is 0.137 e. The molecule has 12 rings (SSSR count). The molecule has 0 N–H and O–H groups in total. The van der Waals surface area contributed by atoms with Crippen molar-refractivity contribution in [3.63, 3.8) is 0 Å². The average Bonchev–Trinajstić information content (AvgIpc) is 3.87. The summed E-state index contributed by atoms with van der Waals surface area (Å²) in [5, 5.41) is 6.99. The second kappa shape index (κ2) is 14.3. The molecule has 0 fully saturated rings. The zero-order chi connectivity index (χ0) is 40.3. The van der Waals surface area contributed by atoms with Gasteiger partial charge in [0.25, 0.3) is 0 Å². The topological polar surface area (TPSA) is 21.3 Å². The van der Waals surface area contributed by atoms with Gasteiger partial charge < -0.3 is 13.9 Å². The molecule has 0 aliphatic rings. The van der Waals surface area contributed by atoms with Crippen LogP contribution in [0.2, 0.25) is 0 Å². The normalized spacial score (nSPS) is 11.6. The molecule has 0 bridgehead atoms. The summed E-state index contributed by atoms with van der Waals surface area (Å²) in [5.41, 5.74) is 15.4. The molecule has 3 heteroatoms. The minimum atomic E-state index is 0.858. The summed E-state index contributed by atoms with van der Waals surface area (Å²) < 4.78 is 9.00. The van der Waals surface area contributed by atoms with E-state index in [2.05, 4.69) is 228 Å². The maximum atomic E-state index is 6.52. The molecule has 61 heavy (non-hydrogen) atoms. The third-order valence-electron chi connectivity index (χ3n) is 12.1. The van der Waals surface area contributed by atoms with E-state index >= 15 is 0 Å². The average molecular weight is 779 g/mol. The zero-order valence-corrected chi connectivity index (χ0v) is 33.2. The number of benzene rings is 10.